The number of amides is 1. The Morgan fingerprint density at radius 1 is 1.17 bits per heavy atom. The lowest BCUT2D eigenvalue weighted by Gasteiger charge is -2.47. The van der Waals surface area contributed by atoms with E-state index in [1.54, 1.807) is 0 Å². The summed E-state index contributed by atoms with van der Waals surface area (Å²) in [4.78, 5) is 16.7. The third-order valence-corrected chi connectivity index (χ3v) is 5.40. The van der Waals surface area contributed by atoms with E-state index in [1.165, 1.54) is 5.56 Å². The number of β-amino-alcohol motifs (C(OH)–C–C–N with tert-alkyl or cyclic N) is 1. The number of aliphatic hydroxyl groups excluding tert-OH is 1. The molecular formula is C19H28N2O2. The van der Waals surface area contributed by atoms with Gasteiger partial charge in [0.25, 0.3) is 0 Å². The Morgan fingerprint density at radius 3 is 2.52 bits per heavy atom. The zero-order valence-corrected chi connectivity index (χ0v) is 14.1. The minimum Gasteiger partial charge on any atom is -0.392 e. The molecule has 1 amide bonds. The summed E-state index contributed by atoms with van der Waals surface area (Å²) >= 11 is 0. The number of rotatable bonds is 4. The number of piperidine rings is 2. The lowest BCUT2D eigenvalue weighted by molar-refractivity contribution is -0.140. The Labute approximate surface area is 139 Å². The van der Waals surface area contributed by atoms with Gasteiger partial charge in [0.15, 0.2) is 0 Å². The molecule has 3 rings (SSSR count). The van der Waals surface area contributed by atoms with Crippen molar-refractivity contribution in [3.63, 3.8) is 0 Å². The molecule has 2 aliphatic heterocycles. The summed E-state index contributed by atoms with van der Waals surface area (Å²) in [5.41, 5.74) is 1.50. The second-order valence-corrected chi connectivity index (χ2v) is 7.39. The molecule has 0 bridgehead atoms. The fraction of sp³-hybridized carbons (Fsp3) is 0.632. The molecule has 1 spiro atoms. The van der Waals surface area contributed by atoms with Gasteiger partial charge in [-0.3, -0.25) is 4.79 Å². The van der Waals surface area contributed by atoms with Crippen LogP contribution in [0.2, 0.25) is 0 Å². The Kier molecular flexibility index (Phi) is 5.02. The van der Waals surface area contributed by atoms with E-state index < -0.39 is 0 Å². The minimum absolute atomic E-state index is 0.258. The highest BCUT2D eigenvalue weighted by Crippen LogP contribution is 2.40. The predicted octanol–water partition coefficient (Wildman–Crippen LogP) is 2.27. The zero-order chi connectivity index (χ0) is 16.3. The third kappa shape index (κ3) is 4.12. The maximum Gasteiger partial charge on any atom is 0.222 e. The lowest BCUT2D eigenvalue weighted by Crippen LogP contribution is -2.51. The van der Waals surface area contributed by atoms with Crippen LogP contribution in [0.15, 0.2) is 30.3 Å². The number of hydrogen-bond acceptors (Lipinski definition) is 3. The van der Waals surface area contributed by atoms with Crippen LogP contribution >= 0.6 is 0 Å². The van der Waals surface area contributed by atoms with Crippen molar-refractivity contribution < 1.29 is 9.90 Å². The monoisotopic (exact) mass is 316 g/mol. The molecule has 1 aromatic rings. The van der Waals surface area contributed by atoms with Crippen LogP contribution in [0.3, 0.4) is 0 Å². The largest absolute Gasteiger partial charge is 0.392 e. The number of aliphatic hydroxyl groups is 1. The molecule has 23 heavy (non-hydrogen) atoms. The summed E-state index contributed by atoms with van der Waals surface area (Å²) in [6.45, 7) is 6.33. The van der Waals surface area contributed by atoms with Gasteiger partial charge in [-0.1, -0.05) is 30.3 Å². The summed E-state index contributed by atoms with van der Waals surface area (Å²) in [5, 5.41) is 9.55. The predicted molar refractivity (Wildman–Crippen MR) is 90.9 cm³/mol. The maximum atomic E-state index is 12.3. The third-order valence-electron chi connectivity index (χ3n) is 5.40. The molecular weight excluding hydrogens is 288 g/mol. The first-order chi connectivity index (χ1) is 11.1. The molecule has 0 aliphatic carbocycles. The molecule has 1 aromatic carbocycles. The highest BCUT2D eigenvalue weighted by Gasteiger charge is 2.40. The van der Waals surface area contributed by atoms with Gasteiger partial charge in [0.2, 0.25) is 5.91 Å². The van der Waals surface area contributed by atoms with Crippen molar-refractivity contribution in [2.24, 2.45) is 5.41 Å². The Balaban J connectivity index is 1.61. The Hall–Kier alpha value is -1.39. The second-order valence-electron chi connectivity index (χ2n) is 7.39. The zero-order valence-electron chi connectivity index (χ0n) is 14.1. The normalized spacial score (nSPS) is 23.2. The topological polar surface area (TPSA) is 43.8 Å². The van der Waals surface area contributed by atoms with E-state index in [-0.39, 0.29) is 11.5 Å². The summed E-state index contributed by atoms with van der Waals surface area (Å²) in [7, 11) is 0. The molecule has 126 valence electrons. The molecule has 4 nitrogen and oxygen atoms in total. The Bertz CT molecular complexity index is 521. The second kappa shape index (κ2) is 7.02. The maximum absolute atomic E-state index is 12.3. The first-order valence-corrected chi connectivity index (χ1v) is 8.78. The van der Waals surface area contributed by atoms with Crippen molar-refractivity contribution in [2.45, 2.75) is 45.3 Å². The van der Waals surface area contributed by atoms with Crippen LogP contribution in [0, 0.1) is 5.41 Å². The van der Waals surface area contributed by atoms with E-state index in [0.29, 0.717) is 12.3 Å². The molecule has 0 saturated carbocycles. The average Bonchev–Trinajstić information content (AvgIpc) is 2.54. The fourth-order valence-corrected chi connectivity index (χ4v) is 4.04. The number of nitrogens with zero attached hydrogens (tertiary/aromatic N) is 2. The van der Waals surface area contributed by atoms with E-state index in [2.05, 4.69) is 21.9 Å². The molecule has 0 aromatic heterocycles. The van der Waals surface area contributed by atoms with Crippen LogP contribution in [0.1, 0.15) is 38.2 Å². The number of carbonyl (C=O) groups excluding carboxylic acids is 1. The SMILES string of the molecule is CC(O)CN1CCC2(CCC(=O)N(Cc3ccccc3)C2)CC1. The standard InChI is InChI=1S/C19H28N2O2/c1-16(22)13-20-11-9-19(10-12-20)8-7-18(23)21(15-19)14-17-5-3-2-4-6-17/h2-6,16,22H,7-15H2,1H3. The molecule has 2 fully saturated rings. The summed E-state index contributed by atoms with van der Waals surface area (Å²) in [6, 6.07) is 10.3. The summed E-state index contributed by atoms with van der Waals surface area (Å²) in [6.07, 6.45) is 3.73. The van der Waals surface area contributed by atoms with Gasteiger partial charge in [-0.25, -0.2) is 0 Å². The van der Waals surface area contributed by atoms with Crippen LogP contribution < -0.4 is 0 Å². The van der Waals surface area contributed by atoms with Gasteiger partial charge >= 0.3 is 0 Å². The van der Waals surface area contributed by atoms with Gasteiger partial charge in [-0.2, -0.15) is 0 Å². The first kappa shape index (κ1) is 16.5. The van der Waals surface area contributed by atoms with E-state index in [0.717, 1.165) is 52.0 Å². The number of benzene rings is 1. The van der Waals surface area contributed by atoms with Crippen LogP contribution in [0.5, 0.6) is 0 Å². The van der Waals surface area contributed by atoms with E-state index in [4.69, 9.17) is 0 Å². The minimum atomic E-state index is -0.258. The van der Waals surface area contributed by atoms with Crippen molar-refractivity contribution >= 4 is 5.91 Å². The average molecular weight is 316 g/mol. The van der Waals surface area contributed by atoms with Gasteiger partial charge in [0.05, 0.1) is 6.10 Å². The molecule has 2 saturated heterocycles. The summed E-state index contributed by atoms with van der Waals surface area (Å²) in [5.74, 6) is 0.297. The van der Waals surface area contributed by atoms with Gasteiger partial charge in [0.1, 0.15) is 0 Å². The molecule has 2 aliphatic rings. The number of likely N-dealkylation sites (tertiary alicyclic amines) is 2. The van der Waals surface area contributed by atoms with Crippen molar-refractivity contribution in [2.75, 3.05) is 26.2 Å². The van der Waals surface area contributed by atoms with Crippen molar-refractivity contribution in [3.8, 4) is 0 Å². The smallest absolute Gasteiger partial charge is 0.222 e. The van der Waals surface area contributed by atoms with Crippen molar-refractivity contribution in [3.05, 3.63) is 35.9 Å². The van der Waals surface area contributed by atoms with Gasteiger partial charge in [-0.15, -0.1) is 0 Å². The highest BCUT2D eigenvalue weighted by molar-refractivity contribution is 5.77. The molecule has 1 atom stereocenters. The molecule has 4 heteroatoms. The molecule has 0 radical (unpaired) electrons. The molecule has 2 heterocycles. The summed E-state index contributed by atoms with van der Waals surface area (Å²) < 4.78 is 0. The first-order valence-electron chi connectivity index (χ1n) is 8.78. The highest BCUT2D eigenvalue weighted by atomic mass is 16.3. The Morgan fingerprint density at radius 2 is 1.87 bits per heavy atom. The van der Waals surface area contributed by atoms with E-state index in [9.17, 15) is 9.90 Å². The van der Waals surface area contributed by atoms with Crippen molar-refractivity contribution in [1.82, 2.24) is 9.80 Å². The number of hydrogen-bond donors (Lipinski definition) is 1. The van der Waals surface area contributed by atoms with Gasteiger partial charge in [0, 0.05) is 26.1 Å². The molecule has 1 unspecified atom stereocenters. The lowest BCUT2D eigenvalue weighted by atomic mass is 9.72. The van der Waals surface area contributed by atoms with Gasteiger partial charge in [-0.05, 0) is 50.3 Å². The van der Waals surface area contributed by atoms with E-state index in [1.807, 2.05) is 25.1 Å². The van der Waals surface area contributed by atoms with Crippen LogP contribution in [0.4, 0.5) is 0 Å². The van der Waals surface area contributed by atoms with Crippen LogP contribution in [-0.2, 0) is 11.3 Å². The quantitative estimate of drug-likeness (QED) is 0.927. The van der Waals surface area contributed by atoms with E-state index >= 15 is 0 Å². The molecule has 1 N–H and O–H groups in total. The van der Waals surface area contributed by atoms with Crippen molar-refractivity contribution in [1.29, 1.82) is 0 Å². The fourth-order valence-electron chi connectivity index (χ4n) is 4.04. The number of carbonyl (C=O) groups is 1. The van der Waals surface area contributed by atoms with Gasteiger partial charge < -0.3 is 14.9 Å². The van der Waals surface area contributed by atoms with Crippen LogP contribution in [-0.4, -0.2) is 53.1 Å². The van der Waals surface area contributed by atoms with Crippen LogP contribution in [0.25, 0.3) is 0 Å².